The standard InChI is InChI=1S/C23H25N5O4/c1-30-16-3-4-21(31-2)17(12-16)18-14-26-23(24)22(27-18)20(29)11-15-13-25-6-5-19(15)28-7-9-32-10-8-28/h3-6,12-14H,7-11H2,1-2H3,(H2,24,26). The second-order valence-corrected chi connectivity index (χ2v) is 7.26. The molecule has 1 aliphatic rings. The molecule has 1 aromatic carbocycles. The molecule has 0 spiro atoms. The van der Waals surface area contributed by atoms with Crippen LogP contribution in [0.2, 0.25) is 0 Å². The van der Waals surface area contributed by atoms with Crippen molar-refractivity contribution in [3.8, 4) is 22.8 Å². The maximum absolute atomic E-state index is 13.2. The largest absolute Gasteiger partial charge is 0.497 e. The van der Waals surface area contributed by atoms with E-state index in [2.05, 4.69) is 19.9 Å². The van der Waals surface area contributed by atoms with Gasteiger partial charge in [-0.05, 0) is 24.3 Å². The molecule has 0 atom stereocenters. The highest BCUT2D eigenvalue weighted by Crippen LogP contribution is 2.33. The molecule has 2 N–H and O–H groups in total. The molecule has 0 saturated carbocycles. The van der Waals surface area contributed by atoms with Gasteiger partial charge in [0.15, 0.2) is 11.6 Å². The number of hydrogen-bond acceptors (Lipinski definition) is 9. The van der Waals surface area contributed by atoms with Gasteiger partial charge in [-0.15, -0.1) is 0 Å². The van der Waals surface area contributed by atoms with Gasteiger partial charge in [0.25, 0.3) is 0 Å². The minimum atomic E-state index is -0.235. The normalized spacial score (nSPS) is 13.6. The quantitative estimate of drug-likeness (QED) is 0.559. The van der Waals surface area contributed by atoms with Gasteiger partial charge < -0.3 is 24.8 Å². The molecule has 1 fully saturated rings. The Balaban J connectivity index is 1.65. The van der Waals surface area contributed by atoms with Gasteiger partial charge in [-0.2, -0.15) is 0 Å². The van der Waals surface area contributed by atoms with Crippen molar-refractivity contribution < 1.29 is 19.0 Å². The van der Waals surface area contributed by atoms with Gasteiger partial charge in [0, 0.05) is 48.7 Å². The average Bonchev–Trinajstić information content (AvgIpc) is 2.84. The third-order valence-electron chi connectivity index (χ3n) is 5.33. The maximum atomic E-state index is 13.2. The van der Waals surface area contributed by atoms with Crippen LogP contribution in [0, 0.1) is 0 Å². The third kappa shape index (κ3) is 4.47. The number of carbonyl (C=O) groups is 1. The van der Waals surface area contributed by atoms with Crippen molar-refractivity contribution in [2.24, 2.45) is 0 Å². The number of pyridine rings is 1. The monoisotopic (exact) mass is 435 g/mol. The molecule has 0 unspecified atom stereocenters. The minimum absolute atomic E-state index is 0.0809. The van der Waals surface area contributed by atoms with Crippen LogP contribution in [0.3, 0.4) is 0 Å². The van der Waals surface area contributed by atoms with Gasteiger partial charge in [0.2, 0.25) is 0 Å². The molecule has 4 rings (SSSR count). The number of nitrogens with zero attached hydrogens (tertiary/aromatic N) is 4. The molecule has 32 heavy (non-hydrogen) atoms. The Morgan fingerprint density at radius 1 is 1.16 bits per heavy atom. The second kappa shape index (κ2) is 9.61. The fraction of sp³-hybridized carbons (Fsp3) is 0.304. The molecular formula is C23H25N5O4. The summed E-state index contributed by atoms with van der Waals surface area (Å²) in [5.74, 6) is 1.07. The highest BCUT2D eigenvalue weighted by molar-refractivity contribution is 6.00. The summed E-state index contributed by atoms with van der Waals surface area (Å²) >= 11 is 0. The Kier molecular flexibility index (Phi) is 6.46. The van der Waals surface area contributed by atoms with Crippen molar-refractivity contribution in [2.75, 3.05) is 51.2 Å². The number of morpholine rings is 1. The Morgan fingerprint density at radius 2 is 1.97 bits per heavy atom. The zero-order chi connectivity index (χ0) is 22.5. The van der Waals surface area contributed by atoms with Gasteiger partial charge in [0.05, 0.1) is 39.3 Å². The van der Waals surface area contributed by atoms with Crippen molar-refractivity contribution in [3.05, 3.63) is 54.1 Å². The molecule has 9 nitrogen and oxygen atoms in total. The van der Waals surface area contributed by atoms with Crippen molar-refractivity contribution in [1.82, 2.24) is 15.0 Å². The number of ketones is 1. The van der Waals surface area contributed by atoms with E-state index in [0.717, 1.165) is 24.3 Å². The number of hydrogen-bond donors (Lipinski definition) is 1. The molecule has 166 valence electrons. The van der Waals surface area contributed by atoms with E-state index in [1.807, 2.05) is 6.07 Å². The van der Waals surface area contributed by atoms with Crippen LogP contribution in [0.15, 0.2) is 42.9 Å². The lowest BCUT2D eigenvalue weighted by Crippen LogP contribution is -2.37. The van der Waals surface area contributed by atoms with Gasteiger partial charge >= 0.3 is 0 Å². The van der Waals surface area contributed by atoms with E-state index in [1.165, 1.54) is 6.20 Å². The summed E-state index contributed by atoms with van der Waals surface area (Å²) in [6.07, 6.45) is 5.06. The number of Topliss-reactive ketones (excluding diaryl/α,β-unsaturated/α-hetero) is 1. The lowest BCUT2D eigenvalue weighted by molar-refractivity contribution is 0.0988. The SMILES string of the molecule is COc1ccc(OC)c(-c2cnc(N)c(C(=O)Cc3cnccc3N3CCOCC3)n2)c1. The summed E-state index contributed by atoms with van der Waals surface area (Å²) in [6, 6.07) is 7.26. The van der Waals surface area contributed by atoms with Crippen LogP contribution < -0.4 is 20.1 Å². The number of aromatic nitrogens is 3. The van der Waals surface area contributed by atoms with Crippen molar-refractivity contribution in [2.45, 2.75) is 6.42 Å². The van der Waals surface area contributed by atoms with Crippen molar-refractivity contribution in [3.63, 3.8) is 0 Å². The smallest absolute Gasteiger partial charge is 0.189 e. The van der Waals surface area contributed by atoms with E-state index < -0.39 is 0 Å². The highest BCUT2D eigenvalue weighted by Gasteiger charge is 2.21. The fourth-order valence-electron chi connectivity index (χ4n) is 3.67. The molecule has 3 heterocycles. The van der Waals surface area contributed by atoms with Gasteiger partial charge in [0.1, 0.15) is 17.2 Å². The minimum Gasteiger partial charge on any atom is -0.497 e. The Morgan fingerprint density at radius 3 is 2.72 bits per heavy atom. The number of nitrogens with two attached hydrogens (primary N) is 1. The summed E-state index contributed by atoms with van der Waals surface area (Å²) in [5, 5.41) is 0. The molecule has 1 saturated heterocycles. The summed E-state index contributed by atoms with van der Waals surface area (Å²) in [5.41, 5.74) is 9.05. The molecule has 0 radical (unpaired) electrons. The summed E-state index contributed by atoms with van der Waals surface area (Å²) in [6.45, 7) is 2.83. The first kappa shape index (κ1) is 21.5. The molecule has 0 aliphatic carbocycles. The summed E-state index contributed by atoms with van der Waals surface area (Å²) in [7, 11) is 3.15. The van der Waals surface area contributed by atoms with Crippen LogP contribution in [0.5, 0.6) is 11.5 Å². The second-order valence-electron chi connectivity index (χ2n) is 7.26. The molecule has 1 aliphatic heterocycles. The number of nitrogen functional groups attached to an aromatic ring is 1. The van der Waals surface area contributed by atoms with Crippen LogP contribution in [-0.4, -0.2) is 61.3 Å². The number of methoxy groups -OCH3 is 2. The first-order chi connectivity index (χ1) is 15.6. The van der Waals surface area contributed by atoms with Crippen molar-refractivity contribution in [1.29, 1.82) is 0 Å². The van der Waals surface area contributed by atoms with Crippen LogP contribution in [0.4, 0.5) is 11.5 Å². The number of benzene rings is 1. The lowest BCUT2D eigenvalue weighted by Gasteiger charge is -2.30. The van der Waals surface area contributed by atoms with Crippen LogP contribution in [0.1, 0.15) is 16.1 Å². The van der Waals surface area contributed by atoms with Crippen molar-refractivity contribution >= 4 is 17.3 Å². The molecular weight excluding hydrogens is 410 g/mol. The maximum Gasteiger partial charge on any atom is 0.189 e. The molecule has 2 aromatic heterocycles. The van der Waals surface area contributed by atoms with Crippen LogP contribution in [0.25, 0.3) is 11.3 Å². The Bertz CT molecular complexity index is 1120. The van der Waals surface area contributed by atoms with Gasteiger partial charge in [-0.25, -0.2) is 9.97 Å². The number of ether oxygens (including phenoxy) is 3. The Hall–Kier alpha value is -3.72. The van der Waals surface area contributed by atoms with Crippen LogP contribution >= 0.6 is 0 Å². The average molecular weight is 435 g/mol. The lowest BCUT2D eigenvalue weighted by atomic mass is 10.0. The zero-order valence-electron chi connectivity index (χ0n) is 18.1. The third-order valence-corrected chi connectivity index (χ3v) is 5.33. The first-order valence-corrected chi connectivity index (χ1v) is 10.2. The van der Waals surface area contributed by atoms with Crippen LogP contribution in [-0.2, 0) is 11.2 Å². The predicted molar refractivity (Wildman–Crippen MR) is 120 cm³/mol. The van der Waals surface area contributed by atoms with E-state index in [0.29, 0.717) is 36.0 Å². The first-order valence-electron chi connectivity index (χ1n) is 10.2. The number of carbonyl (C=O) groups excluding carboxylic acids is 1. The molecule has 0 bridgehead atoms. The fourth-order valence-corrected chi connectivity index (χ4v) is 3.67. The van der Waals surface area contributed by atoms with Gasteiger partial charge in [-0.1, -0.05) is 0 Å². The van der Waals surface area contributed by atoms with E-state index in [1.54, 1.807) is 44.8 Å². The van der Waals surface area contributed by atoms with E-state index >= 15 is 0 Å². The highest BCUT2D eigenvalue weighted by atomic mass is 16.5. The van der Waals surface area contributed by atoms with E-state index in [-0.39, 0.29) is 23.7 Å². The number of anilines is 2. The summed E-state index contributed by atoms with van der Waals surface area (Å²) in [4.78, 5) is 28.4. The predicted octanol–water partition coefficient (Wildman–Crippen LogP) is 2.40. The molecule has 3 aromatic rings. The topological polar surface area (TPSA) is 113 Å². The summed E-state index contributed by atoms with van der Waals surface area (Å²) < 4.78 is 16.2. The molecule has 9 heteroatoms. The molecule has 0 amide bonds. The Labute approximate surface area is 186 Å². The van der Waals surface area contributed by atoms with E-state index in [4.69, 9.17) is 19.9 Å². The number of rotatable bonds is 7. The van der Waals surface area contributed by atoms with E-state index in [9.17, 15) is 4.79 Å². The van der Waals surface area contributed by atoms with Gasteiger partial charge in [-0.3, -0.25) is 9.78 Å². The zero-order valence-corrected chi connectivity index (χ0v) is 18.1.